The van der Waals surface area contributed by atoms with Gasteiger partial charge in [0.25, 0.3) is 0 Å². The maximum atomic E-state index is 12.5. The zero-order chi connectivity index (χ0) is 13.4. The molecular weight excluding hydrogens is 252 g/mol. The van der Waals surface area contributed by atoms with Gasteiger partial charge in [-0.05, 0) is 24.8 Å². The lowest BCUT2D eigenvalue weighted by atomic mass is 10.1. The molecule has 1 fully saturated rings. The molecule has 0 saturated carbocycles. The van der Waals surface area contributed by atoms with E-state index in [0.29, 0.717) is 24.4 Å². The van der Waals surface area contributed by atoms with Crippen LogP contribution >= 0.6 is 11.9 Å². The van der Waals surface area contributed by atoms with E-state index < -0.39 is 0 Å². The lowest BCUT2D eigenvalue weighted by molar-refractivity contribution is 0.0696. The molecular formula is C11H14N4O2S. The van der Waals surface area contributed by atoms with E-state index in [2.05, 4.69) is 9.97 Å². The molecule has 3 rings (SSSR count). The quantitative estimate of drug-likeness (QED) is 0.814. The summed E-state index contributed by atoms with van der Waals surface area (Å²) in [7, 11) is 0. The highest BCUT2D eigenvalue weighted by atomic mass is 32.2. The molecule has 0 atom stereocenters. The zero-order valence-corrected chi connectivity index (χ0v) is 10.8. The number of imidazole rings is 1. The molecule has 1 aliphatic heterocycles. The molecule has 0 aromatic carbocycles. The van der Waals surface area contributed by atoms with Gasteiger partial charge >= 0.3 is 5.69 Å². The predicted octanol–water partition coefficient (Wildman–Crippen LogP) is 1.07. The number of rotatable bonds is 2. The van der Waals surface area contributed by atoms with Gasteiger partial charge in [-0.3, -0.25) is 4.57 Å². The first-order chi connectivity index (χ1) is 9.22. The van der Waals surface area contributed by atoms with Crippen molar-refractivity contribution in [1.82, 2.24) is 18.5 Å². The van der Waals surface area contributed by atoms with Gasteiger partial charge in [-0.2, -0.15) is 0 Å². The Hall–Kier alpha value is -1.34. The van der Waals surface area contributed by atoms with Crippen LogP contribution in [0.5, 0.6) is 0 Å². The fourth-order valence-corrected chi connectivity index (χ4v) is 2.91. The lowest BCUT2D eigenvalue weighted by Crippen LogP contribution is -2.29. The highest BCUT2D eigenvalue weighted by molar-refractivity contribution is 7.97. The minimum Gasteiger partial charge on any atom is -0.381 e. The third-order valence-corrected chi connectivity index (χ3v) is 3.91. The molecule has 0 N–H and O–H groups in total. The minimum atomic E-state index is -0.102. The van der Waals surface area contributed by atoms with Crippen molar-refractivity contribution in [3.63, 3.8) is 0 Å². The molecule has 2 aromatic heterocycles. The number of ether oxygens (including phenoxy) is 1. The Morgan fingerprint density at radius 1 is 1.56 bits per heavy atom. The predicted molar refractivity (Wildman–Crippen MR) is 69.8 cm³/mol. The van der Waals surface area contributed by atoms with Crippen LogP contribution < -0.4 is 5.69 Å². The molecule has 0 unspecified atom stereocenters. The van der Waals surface area contributed by atoms with Crippen LogP contribution in [-0.2, 0) is 4.74 Å². The van der Waals surface area contributed by atoms with Crippen molar-refractivity contribution < 1.29 is 6.11 Å². The fraction of sp³-hybridized carbons (Fsp3) is 0.545. The van der Waals surface area contributed by atoms with Gasteiger partial charge in [-0.25, -0.2) is 18.7 Å². The van der Waals surface area contributed by atoms with Crippen LogP contribution in [0.25, 0.3) is 11.2 Å². The van der Waals surface area contributed by atoms with E-state index >= 15 is 0 Å². The number of fused-ring (bicyclic) bond motifs is 1. The maximum Gasteiger partial charge on any atom is 0.340 e. The number of hydrogen-bond donors (Lipinski definition) is 0. The Morgan fingerprint density at radius 3 is 3.06 bits per heavy atom. The summed E-state index contributed by atoms with van der Waals surface area (Å²) in [4.78, 5) is 20.4. The van der Waals surface area contributed by atoms with Gasteiger partial charge in [0.05, 0.1) is 6.20 Å². The van der Waals surface area contributed by atoms with E-state index in [4.69, 9.17) is 6.11 Å². The average Bonchev–Trinajstić information content (AvgIpc) is 2.70. The second kappa shape index (κ2) is 4.74. The summed E-state index contributed by atoms with van der Waals surface area (Å²) in [5, 5.41) is 0. The van der Waals surface area contributed by atoms with Gasteiger partial charge in [0.15, 0.2) is 5.65 Å². The monoisotopic (exact) mass is 267 g/mol. The fourth-order valence-electron chi connectivity index (χ4n) is 2.34. The molecule has 1 saturated heterocycles. The largest absolute Gasteiger partial charge is 0.381 e. The van der Waals surface area contributed by atoms with E-state index in [1.54, 1.807) is 14.7 Å². The maximum absolute atomic E-state index is 12.5. The molecule has 6 nitrogen and oxygen atoms in total. The second-order valence-electron chi connectivity index (χ2n) is 4.15. The molecule has 3 heterocycles. The molecule has 1 aliphatic rings. The van der Waals surface area contributed by atoms with Gasteiger partial charge < -0.3 is 4.74 Å². The molecule has 96 valence electrons. The molecule has 18 heavy (non-hydrogen) atoms. The zero-order valence-electron chi connectivity index (χ0n) is 11.0. The van der Waals surface area contributed by atoms with Crippen LogP contribution in [0.3, 0.4) is 0 Å². The average molecular weight is 267 g/mol. The molecule has 0 aliphatic carbocycles. The van der Waals surface area contributed by atoms with E-state index in [-0.39, 0.29) is 18.0 Å². The van der Waals surface area contributed by atoms with Crippen LogP contribution in [0.1, 0.15) is 20.3 Å². The Balaban J connectivity index is 2.24. The Bertz CT molecular complexity index is 662. The summed E-state index contributed by atoms with van der Waals surface area (Å²) in [6.07, 6.45) is 4.91. The van der Waals surface area contributed by atoms with Crippen molar-refractivity contribution in [2.24, 2.45) is 0 Å². The van der Waals surface area contributed by atoms with Crippen molar-refractivity contribution in [2.75, 3.05) is 19.5 Å². The molecule has 7 heteroatoms. The lowest BCUT2D eigenvalue weighted by Gasteiger charge is -2.22. The molecule has 0 spiro atoms. The SMILES string of the molecule is [2H]c1ncc2c(n1)n(C1CCOCC1)c(=O)n2SC. The number of hydrogen-bond acceptors (Lipinski definition) is 5. The van der Waals surface area contributed by atoms with Crippen molar-refractivity contribution in [3.8, 4) is 0 Å². The Kier molecular flexibility index (Phi) is 2.78. The Labute approximate surface area is 110 Å². The normalized spacial score (nSPS) is 18.2. The van der Waals surface area contributed by atoms with Crippen LogP contribution in [0, 0.1) is 0 Å². The standard InChI is InChI=1S/C11H14N4O2S/c1-18-15-9-6-12-7-13-10(9)14(11(15)16)8-2-4-17-5-3-8/h6-8H,2-5H2,1H3/i7D. The highest BCUT2D eigenvalue weighted by Crippen LogP contribution is 2.24. The van der Waals surface area contributed by atoms with Gasteiger partial charge in [0, 0.05) is 25.5 Å². The van der Waals surface area contributed by atoms with Crippen molar-refractivity contribution in [3.05, 3.63) is 23.0 Å². The summed E-state index contributed by atoms with van der Waals surface area (Å²) in [6, 6.07) is 0.0893. The van der Waals surface area contributed by atoms with E-state index in [9.17, 15) is 4.79 Å². The third-order valence-electron chi connectivity index (χ3n) is 3.19. The summed E-state index contributed by atoms with van der Waals surface area (Å²) in [5.74, 6) is 0. The molecule has 0 bridgehead atoms. The van der Waals surface area contributed by atoms with Crippen LogP contribution in [0.4, 0.5) is 0 Å². The first-order valence-electron chi connectivity index (χ1n) is 6.31. The first kappa shape index (κ1) is 10.6. The summed E-state index contributed by atoms with van der Waals surface area (Å²) in [6.45, 7) is 1.31. The van der Waals surface area contributed by atoms with Gasteiger partial charge in [0.1, 0.15) is 13.2 Å². The third kappa shape index (κ3) is 1.74. The van der Waals surface area contributed by atoms with Gasteiger partial charge in [0.2, 0.25) is 0 Å². The Morgan fingerprint density at radius 2 is 2.33 bits per heavy atom. The van der Waals surface area contributed by atoms with Crippen LogP contribution in [0.2, 0.25) is 0 Å². The second-order valence-corrected chi connectivity index (χ2v) is 4.88. The number of nitrogens with zero attached hydrogens (tertiary/aromatic N) is 4. The van der Waals surface area contributed by atoms with Crippen LogP contribution in [-0.4, -0.2) is 38.0 Å². The van der Waals surface area contributed by atoms with Crippen molar-refractivity contribution in [2.45, 2.75) is 18.9 Å². The van der Waals surface area contributed by atoms with E-state index in [0.717, 1.165) is 12.8 Å². The molecule has 0 amide bonds. The molecule has 2 aromatic rings. The van der Waals surface area contributed by atoms with Gasteiger partial charge in [-0.15, -0.1) is 0 Å². The highest BCUT2D eigenvalue weighted by Gasteiger charge is 2.23. The summed E-state index contributed by atoms with van der Waals surface area (Å²) < 4.78 is 16.1. The number of aromatic nitrogens is 4. The molecule has 0 radical (unpaired) electrons. The van der Waals surface area contributed by atoms with Crippen molar-refractivity contribution in [1.29, 1.82) is 0 Å². The van der Waals surface area contributed by atoms with E-state index in [1.807, 2.05) is 6.26 Å². The minimum absolute atomic E-state index is 0.0634. The van der Waals surface area contributed by atoms with Crippen molar-refractivity contribution >= 4 is 23.1 Å². The van der Waals surface area contributed by atoms with Gasteiger partial charge in [-0.1, -0.05) is 0 Å². The summed E-state index contributed by atoms with van der Waals surface area (Å²) >= 11 is 1.33. The van der Waals surface area contributed by atoms with Crippen LogP contribution in [0.15, 0.2) is 17.3 Å². The smallest absolute Gasteiger partial charge is 0.340 e. The van der Waals surface area contributed by atoms with E-state index in [1.165, 1.54) is 11.9 Å². The topological polar surface area (TPSA) is 61.9 Å². The first-order valence-corrected chi connectivity index (χ1v) is 6.99. The summed E-state index contributed by atoms with van der Waals surface area (Å²) in [5.41, 5.74) is 1.11.